The Balaban J connectivity index is 1.50. The topological polar surface area (TPSA) is 74.9 Å². The molecule has 7 heteroatoms. The van der Waals surface area contributed by atoms with E-state index < -0.39 is 0 Å². The Morgan fingerprint density at radius 1 is 1.37 bits per heavy atom. The van der Waals surface area contributed by atoms with Gasteiger partial charge in [0.2, 0.25) is 5.91 Å². The molecule has 1 N–H and O–H groups in total. The zero-order chi connectivity index (χ0) is 19.0. The molecule has 0 radical (unpaired) electrons. The number of thiophene rings is 1. The van der Waals surface area contributed by atoms with Gasteiger partial charge in [0.25, 0.3) is 0 Å². The van der Waals surface area contributed by atoms with Crippen molar-refractivity contribution < 1.29 is 4.79 Å². The van der Waals surface area contributed by atoms with Crippen molar-refractivity contribution in [3.8, 4) is 6.07 Å². The molecule has 1 aromatic carbocycles. The van der Waals surface area contributed by atoms with Gasteiger partial charge >= 0.3 is 4.87 Å². The highest BCUT2D eigenvalue weighted by atomic mass is 32.1. The fourth-order valence-corrected chi connectivity index (χ4v) is 5.88. The minimum Gasteiger partial charge on any atom is -0.317 e. The predicted molar refractivity (Wildman–Crippen MR) is 110 cm³/mol. The molecule has 0 saturated heterocycles. The largest absolute Gasteiger partial charge is 0.317 e. The summed E-state index contributed by atoms with van der Waals surface area (Å²) in [6.07, 6.45) is 3.16. The summed E-state index contributed by atoms with van der Waals surface area (Å²) in [6.45, 7) is 2.55. The standard InChI is InChI=1S/C20H19N3O2S2/c1-12-6-7-13-14(11-21)19(26-17(13)10-12)22-18(24)8-9-23-15-4-2-3-5-16(15)27-20(23)25/h2-5,12H,6-10H2,1H3,(H,22,24)/t12-/m1/s1. The highest BCUT2D eigenvalue weighted by Crippen LogP contribution is 2.39. The molecule has 2 aromatic heterocycles. The molecule has 4 rings (SSSR count). The van der Waals surface area contributed by atoms with Crippen LogP contribution in [0.3, 0.4) is 0 Å². The van der Waals surface area contributed by atoms with Crippen LogP contribution in [0.25, 0.3) is 10.2 Å². The Morgan fingerprint density at radius 3 is 3.00 bits per heavy atom. The van der Waals surface area contributed by atoms with Crippen LogP contribution in [0.15, 0.2) is 29.1 Å². The number of aromatic nitrogens is 1. The number of carbonyl (C=O) groups excluding carboxylic acids is 1. The normalized spacial score (nSPS) is 16.1. The molecule has 1 aliphatic rings. The maximum absolute atomic E-state index is 12.5. The van der Waals surface area contributed by atoms with Crippen LogP contribution < -0.4 is 10.2 Å². The summed E-state index contributed by atoms with van der Waals surface area (Å²) < 4.78 is 2.57. The summed E-state index contributed by atoms with van der Waals surface area (Å²) in [5.74, 6) is 0.449. The first-order chi connectivity index (χ1) is 13.1. The SMILES string of the molecule is C[C@@H]1CCc2c(sc(NC(=O)CCn3c(=O)sc4ccccc43)c2C#N)C1. The molecule has 0 saturated carbocycles. The smallest absolute Gasteiger partial charge is 0.308 e. The van der Waals surface area contributed by atoms with Gasteiger partial charge in [-0.05, 0) is 42.9 Å². The average molecular weight is 398 g/mol. The van der Waals surface area contributed by atoms with Crippen LogP contribution >= 0.6 is 22.7 Å². The summed E-state index contributed by atoms with van der Waals surface area (Å²) in [6, 6.07) is 9.87. The van der Waals surface area contributed by atoms with E-state index >= 15 is 0 Å². The van der Waals surface area contributed by atoms with Crippen molar-refractivity contribution in [2.45, 2.75) is 39.2 Å². The molecular weight excluding hydrogens is 378 g/mol. The number of thiazole rings is 1. The van der Waals surface area contributed by atoms with Gasteiger partial charge in [0.05, 0.1) is 15.8 Å². The van der Waals surface area contributed by atoms with Gasteiger partial charge in [-0.25, -0.2) is 0 Å². The van der Waals surface area contributed by atoms with Crippen LogP contribution in [0.5, 0.6) is 0 Å². The summed E-state index contributed by atoms with van der Waals surface area (Å²) in [4.78, 5) is 25.8. The van der Waals surface area contributed by atoms with Gasteiger partial charge in [-0.3, -0.25) is 14.2 Å². The zero-order valence-electron chi connectivity index (χ0n) is 14.9. The second-order valence-corrected chi connectivity index (χ2v) is 9.05. The summed E-state index contributed by atoms with van der Waals surface area (Å²) in [5.41, 5.74) is 2.59. The Morgan fingerprint density at radius 2 is 2.19 bits per heavy atom. The molecule has 0 spiro atoms. The number of fused-ring (bicyclic) bond motifs is 2. The predicted octanol–water partition coefficient (Wildman–Crippen LogP) is 4.15. The first-order valence-corrected chi connectivity index (χ1v) is 10.6. The van der Waals surface area contributed by atoms with Gasteiger partial charge in [-0.15, -0.1) is 11.3 Å². The third kappa shape index (κ3) is 3.43. The second kappa shape index (κ2) is 7.29. The zero-order valence-corrected chi connectivity index (χ0v) is 16.6. The van der Waals surface area contributed by atoms with E-state index in [1.165, 1.54) is 27.6 Å². The molecule has 1 amide bonds. The molecule has 0 bridgehead atoms. The van der Waals surface area contributed by atoms with Crippen molar-refractivity contribution >= 4 is 43.8 Å². The van der Waals surface area contributed by atoms with Gasteiger partial charge in [0.1, 0.15) is 11.1 Å². The summed E-state index contributed by atoms with van der Waals surface area (Å²) >= 11 is 2.72. The molecular formula is C20H19N3O2S2. The van der Waals surface area contributed by atoms with Crippen molar-refractivity contribution in [1.29, 1.82) is 5.26 Å². The van der Waals surface area contributed by atoms with Gasteiger partial charge in [0, 0.05) is 17.8 Å². The quantitative estimate of drug-likeness (QED) is 0.719. The fourth-order valence-electron chi connectivity index (χ4n) is 3.59. The number of nitriles is 1. The molecule has 0 aliphatic heterocycles. The van der Waals surface area contributed by atoms with E-state index in [0.717, 1.165) is 35.0 Å². The summed E-state index contributed by atoms with van der Waals surface area (Å²) in [5, 5.41) is 13.1. The first kappa shape index (κ1) is 18.0. The lowest BCUT2D eigenvalue weighted by Crippen LogP contribution is -2.19. The van der Waals surface area contributed by atoms with Crippen molar-refractivity contribution in [3.63, 3.8) is 0 Å². The number of benzene rings is 1. The highest BCUT2D eigenvalue weighted by Gasteiger charge is 2.24. The maximum Gasteiger partial charge on any atom is 0.308 e. The lowest BCUT2D eigenvalue weighted by molar-refractivity contribution is -0.116. The number of hydrogen-bond donors (Lipinski definition) is 1. The van der Waals surface area contributed by atoms with Crippen LogP contribution in [-0.4, -0.2) is 10.5 Å². The molecule has 5 nitrogen and oxygen atoms in total. The van der Waals surface area contributed by atoms with E-state index in [-0.39, 0.29) is 17.2 Å². The number of nitrogens with one attached hydrogen (secondary N) is 1. The number of para-hydroxylation sites is 1. The molecule has 3 aromatic rings. The van der Waals surface area contributed by atoms with Gasteiger partial charge in [-0.1, -0.05) is 30.4 Å². The van der Waals surface area contributed by atoms with Crippen LogP contribution in [0.2, 0.25) is 0 Å². The Kier molecular flexibility index (Phi) is 4.85. The number of hydrogen-bond acceptors (Lipinski definition) is 5. The summed E-state index contributed by atoms with van der Waals surface area (Å²) in [7, 11) is 0. The molecule has 0 unspecified atom stereocenters. The fraction of sp³-hybridized carbons (Fsp3) is 0.350. The molecule has 2 heterocycles. The van der Waals surface area contributed by atoms with Crippen molar-refractivity contribution in [2.24, 2.45) is 5.92 Å². The van der Waals surface area contributed by atoms with E-state index in [1.807, 2.05) is 24.3 Å². The molecule has 0 fully saturated rings. The number of amides is 1. The van der Waals surface area contributed by atoms with Crippen molar-refractivity contribution in [3.05, 3.63) is 49.9 Å². The Labute approximate surface area is 164 Å². The third-order valence-electron chi connectivity index (χ3n) is 5.01. The van der Waals surface area contributed by atoms with E-state index in [0.29, 0.717) is 23.0 Å². The highest BCUT2D eigenvalue weighted by molar-refractivity contribution is 7.17. The number of carbonyl (C=O) groups is 1. The van der Waals surface area contributed by atoms with E-state index in [4.69, 9.17) is 0 Å². The second-order valence-electron chi connectivity index (χ2n) is 6.95. The Hall–Kier alpha value is -2.43. The number of rotatable bonds is 4. The molecule has 27 heavy (non-hydrogen) atoms. The minimum absolute atomic E-state index is 0.0534. The van der Waals surface area contributed by atoms with Crippen LogP contribution in [0.1, 0.15) is 35.8 Å². The van der Waals surface area contributed by atoms with Crippen molar-refractivity contribution in [2.75, 3.05) is 5.32 Å². The van der Waals surface area contributed by atoms with Gasteiger partial charge in [0.15, 0.2) is 0 Å². The Bertz CT molecular complexity index is 1120. The van der Waals surface area contributed by atoms with Gasteiger partial charge < -0.3 is 5.32 Å². The number of nitrogens with zero attached hydrogens (tertiary/aromatic N) is 2. The number of aryl methyl sites for hydroxylation is 1. The van der Waals surface area contributed by atoms with Crippen LogP contribution in [0, 0.1) is 17.2 Å². The number of anilines is 1. The monoisotopic (exact) mass is 397 g/mol. The van der Waals surface area contributed by atoms with Crippen LogP contribution in [-0.2, 0) is 24.2 Å². The average Bonchev–Trinajstić information content (AvgIpc) is 3.15. The van der Waals surface area contributed by atoms with Crippen molar-refractivity contribution in [1.82, 2.24) is 4.57 Å². The van der Waals surface area contributed by atoms with Crippen LogP contribution in [0.4, 0.5) is 5.00 Å². The first-order valence-electron chi connectivity index (χ1n) is 8.99. The maximum atomic E-state index is 12.5. The van der Waals surface area contributed by atoms with E-state index in [2.05, 4.69) is 18.3 Å². The lowest BCUT2D eigenvalue weighted by Gasteiger charge is -2.17. The molecule has 1 aliphatic carbocycles. The van der Waals surface area contributed by atoms with E-state index in [1.54, 1.807) is 4.57 Å². The van der Waals surface area contributed by atoms with E-state index in [9.17, 15) is 14.9 Å². The lowest BCUT2D eigenvalue weighted by atomic mass is 9.89. The molecule has 138 valence electrons. The molecule has 1 atom stereocenters. The van der Waals surface area contributed by atoms with Gasteiger partial charge in [-0.2, -0.15) is 5.26 Å². The third-order valence-corrected chi connectivity index (χ3v) is 7.14. The minimum atomic E-state index is -0.166.